The SMILES string of the molecule is CC1c2ccccc2-c2cc3c(-c4ccc(-n5c6ccc(-c7ccccc7)cc6c6cc(-c7ccccc7)ccc65)cc4)c4ccccc4c(-c4ccc(-c5nc6ccccc6n5-c5ccccc5)cc4)c3cc21. The van der Waals surface area contributed by atoms with Crippen LogP contribution in [0.5, 0.6) is 0 Å². The van der Waals surface area contributed by atoms with Crippen molar-refractivity contribution in [2.45, 2.75) is 12.8 Å². The minimum absolute atomic E-state index is 0.278. The zero-order valence-electron chi connectivity index (χ0n) is 40.7. The third kappa shape index (κ3) is 6.57. The summed E-state index contributed by atoms with van der Waals surface area (Å²) < 4.78 is 4.73. The summed E-state index contributed by atoms with van der Waals surface area (Å²) >= 11 is 0. The Balaban J connectivity index is 0.915. The van der Waals surface area contributed by atoms with Crippen LogP contribution in [-0.4, -0.2) is 14.1 Å². The summed E-state index contributed by atoms with van der Waals surface area (Å²) in [6.45, 7) is 2.37. The molecule has 12 aromatic carbocycles. The first-order chi connectivity index (χ1) is 36.6. The molecule has 1 aliphatic rings. The van der Waals surface area contributed by atoms with Crippen molar-refractivity contribution in [1.29, 1.82) is 0 Å². The average Bonchev–Trinajstić information content (AvgIpc) is 4.12. The maximum Gasteiger partial charge on any atom is 0.145 e. The Morgan fingerprint density at radius 3 is 1.42 bits per heavy atom. The molecule has 0 fully saturated rings. The number of benzene rings is 12. The first-order valence-corrected chi connectivity index (χ1v) is 25.7. The molecule has 1 atom stereocenters. The molecule has 1 aliphatic carbocycles. The summed E-state index contributed by atoms with van der Waals surface area (Å²) in [6, 6.07) is 95.8. The molecule has 2 aromatic heterocycles. The molecule has 2 heterocycles. The second-order valence-corrected chi connectivity index (χ2v) is 19.8. The maximum atomic E-state index is 5.22. The minimum Gasteiger partial charge on any atom is -0.309 e. The van der Waals surface area contributed by atoms with Gasteiger partial charge in [0.1, 0.15) is 5.82 Å². The van der Waals surface area contributed by atoms with Gasteiger partial charge >= 0.3 is 0 Å². The van der Waals surface area contributed by atoms with E-state index >= 15 is 0 Å². The lowest BCUT2D eigenvalue weighted by Gasteiger charge is -2.20. The van der Waals surface area contributed by atoms with Gasteiger partial charge in [-0.15, -0.1) is 0 Å². The van der Waals surface area contributed by atoms with Crippen molar-refractivity contribution < 1.29 is 0 Å². The van der Waals surface area contributed by atoms with E-state index in [-0.39, 0.29) is 5.92 Å². The smallest absolute Gasteiger partial charge is 0.145 e. The van der Waals surface area contributed by atoms with Crippen molar-refractivity contribution in [3.63, 3.8) is 0 Å². The molecule has 3 heteroatoms. The molecule has 0 saturated heterocycles. The highest BCUT2D eigenvalue weighted by Gasteiger charge is 2.28. The van der Waals surface area contributed by atoms with E-state index in [1.807, 2.05) is 0 Å². The lowest BCUT2D eigenvalue weighted by molar-refractivity contribution is 0.959. The summed E-state index contributed by atoms with van der Waals surface area (Å²) in [5.74, 6) is 1.21. The number of para-hydroxylation sites is 3. The van der Waals surface area contributed by atoms with Gasteiger partial charge in [0.25, 0.3) is 0 Å². The van der Waals surface area contributed by atoms with Crippen molar-refractivity contribution in [3.05, 3.63) is 272 Å². The Labute approximate surface area is 429 Å². The Morgan fingerprint density at radius 2 is 0.784 bits per heavy atom. The van der Waals surface area contributed by atoms with Gasteiger partial charge in [0, 0.05) is 33.6 Å². The number of hydrogen-bond acceptors (Lipinski definition) is 1. The van der Waals surface area contributed by atoms with Gasteiger partial charge in [0.15, 0.2) is 0 Å². The molecule has 0 saturated carbocycles. The summed E-state index contributed by atoms with van der Waals surface area (Å²) in [4.78, 5) is 5.22. The third-order valence-electron chi connectivity index (χ3n) is 15.8. The van der Waals surface area contributed by atoms with Crippen LogP contribution in [0.3, 0.4) is 0 Å². The van der Waals surface area contributed by atoms with E-state index in [1.165, 1.54) is 110 Å². The van der Waals surface area contributed by atoms with Crippen LogP contribution in [0.1, 0.15) is 24.0 Å². The van der Waals surface area contributed by atoms with Crippen LogP contribution in [0.2, 0.25) is 0 Å². The van der Waals surface area contributed by atoms with Crippen molar-refractivity contribution in [3.8, 4) is 78.4 Å². The quantitative estimate of drug-likeness (QED) is 0.146. The maximum absolute atomic E-state index is 5.22. The van der Waals surface area contributed by atoms with E-state index in [9.17, 15) is 0 Å². The number of rotatable bonds is 7. The molecule has 0 bridgehead atoms. The fourth-order valence-electron chi connectivity index (χ4n) is 12.3. The number of imidazole rings is 1. The van der Waals surface area contributed by atoms with Crippen LogP contribution >= 0.6 is 0 Å². The second kappa shape index (κ2) is 16.8. The molecule has 3 nitrogen and oxygen atoms in total. The molecule has 14 aromatic rings. The molecule has 15 rings (SSSR count). The van der Waals surface area contributed by atoms with E-state index in [0.717, 1.165) is 33.8 Å². The van der Waals surface area contributed by atoms with Crippen LogP contribution in [0.15, 0.2) is 261 Å². The van der Waals surface area contributed by atoms with Crippen LogP contribution in [0.25, 0.3) is 133 Å². The van der Waals surface area contributed by atoms with Gasteiger partial charge in [-0.05, 0) is 161 Å². The number of fused-ring (bicyclic) bond motifs is 9. The van der Waals surface area contributed by atoms with Gasteiger partial charge in [-0.2, -0.15) is 0 Å². The predicted octanol–water partition coefficient (Wildman–Crippen LogP) is 18.9. The van der Waals surface area contributed by atoms with E-state index in [1.54, 1.807) is 0 Å². The minimum atomic E-state index is 0.278. The molecular weight excluding hydrogens is 895 g/mol. The summed E-state index contributed by atoms with van der Waals surface area (Å²) in [5, 5.41) is 7.45. The topological polar surface area (TPSA) is 22.8 Å². The standard InChI is InChI=1S/C71H47N3/c1-45-55-23-11-12-24-56(55)60-44-64-63(43-59(45)60)69(48-29-31-50(32-30-48)71-72-65-27-15-16-28-68(65)74(71)53-21-9-4-10-22-53)57-25-13-14-26-58(57)70(64)49-33-37-54(38-34-49)73-66-39-35-51(46-17-5-2-6-18-46)41-61(66)62-42-52(36-40-67(62)73)47-19-7-3-8-20-47/h2-45H,1H3. The van der Waals surface area contributed by atoms with Crippen molar-refractivity contribution >= 4 is 54.4 Å². The van der Waals surface area contributed by atoms with Gasteiger partial charge in [-0.1, -0.05) is 195 Å². The molecule has 0 spiro atoms. The zero-order chi connectivity index (χ0) is 48.9. The summed E-state index contributed by atoms with van der Waals surface area (Å²) in [7, 11) is 0. The first-order valence-electron chi connectivity index (χ1n) is 25.7. The van der Waals surface area contributed by atoms with Gasteiger partial charge in [0.05, 0.1) is 22.1 Å². The largest absolute Gasteiger partial charge is 0.309 e. The zero-order valence-corrected chi connectivity index (χ0v) is 40.7. The van der Waals surface area contributed by atoms with E-state index in [4.69, 9.17) is 4.98 Å². The van der Waals surface area contributed by atoms with Crippen molar-refractivity contribution in [2.24, 2.45) is 0 Å². The second-order valence-electron chi connectivity index (χ2n) is 19.8. The van der Waals surface area contributed by atoms with Gasteiger partial charge < -0.3 is 4.57 Å². The van der Waals surface area contributed by atoms with Crippen LogP contribution < -0.4 is 0 Å². The van der Waals surface area contributed by atoms with E-state index in [0.29, 0.717) is 0 Å². The number of hydrogen-bond donors (Lipinski definition) is 0. The predicted molar refractivity (Wildman–Crippen MR) is 311 cm³/mol. The molecule has 74 heavy (non-hydrogen) atoms. The number of aromatic nitrogens is 3. The monoisotopic (exact) mass is 941 g/mol. The highest BCUT2D eigenvalue weighted by atomic mass is 15.1. The number of nitrogens with zero attached hydrogens (tertiary/aromatic N) is 3. The molecule has 0 radical (unpaired) electrons. The molecule has 1 unspecified atom stereocenters. The summed E-state index contributed by atoms with van der Waals surface area (Å²) in [5.41, 5.74) is 22.9. The van der Waals surface area contributed by atoms with Gasteiger partial charge in [-0.25, -0.2) is 4.98 Å². The normalized spacial score (nSPS) is 13.1. The average molecular weight is 942 g/mol. The van der Waals surface area contributed by atoms with Crippen molar-refractivity contribution in [1.82, 2.24) is 14.1 Å². The van der Waals surface area contributed by atoms with Gasteiger partial charge in [-0.3, -0.25) is 4.57 Å². The van der Waals surface area contributed by atoms with Crippen LogP contribution in [0.4, 0.5) is 0 Å². The molecule has 0 aliphatic heterocycles. The highest BCUT2D eigenvalue weighted by Crippen LogP contribution is 2.51. The van der Waals surface area contributed by atoms with Crippen LogP contribution in [0, 0.1) is 0 Å². The highest BCUT2D eigenvalue weighted by molar-refractivity contribution is 6.22. The molecular formula is C71H47N3. The molecule has 0 N–H and O–H groups in total. The molecule has 346 valence electrons. The Kier molecular flexibility index (Phi) is 9.55. The lowest BCUT2D eigenvalue weighted by Crippen LogP contribution is -1.97. The first kappa shape index (κ1) is 42.1. The Bertz CT molecular complexity index is 4410. The fourth-order valence-corrected chi connectivity index (χ4v) is 12.3. The third-order valence-corrected chi connectivity index (χ3v) is 15.8. The van der Waals surface area contributed by atoms with E-state index < -0.39 is 0 Å². The van der Waals surface area contributed by atoms with Gasteiger partial charge in [0.2, 0.25) is 0 Å². The molecule has 0 amide bonds. The Morgan fingerprint density at radius 1 is 0.297 bits per heavy atom. The lowest BCUT2D eigenvalue weighted by atomic mass is 9.83. The Hall–Kier alpha value is -9.57. The van der Waals surface area contributed by atoms with E-state index in [2.05, 4.69) is 277 Å². The fraction of sp³-hybridized carbons (Fsp3) is 0.0282. The van der Waals surface area contributed by atoms with Crippen molar-refractivity contribution in [2.75, 3.05) is 0 Å². The van der Waals surface area contributed by atoms with Crippen LogP contribution in [-0.2, 0) is 0 Å². The summed E-state index contributed by atoms with van der Waals surface area (Å²) in [6.07, 6.45) is 0.